The minimum absolute atomic E-state index is 0.136. The highest BCUT2D eigenvalue weighted by atomic mass is 32.2. The van der Waals surface area contributed by atoms with E-state index in [0.29, 0.717) is 18.0 Å². The van der Waals surface area contributed by atoms with Crippen LogP contribution in [0.25, 0.3) is 0 Å². The second-order valence-corrected chi connectivity index (χ2v) is 10.3. The average Bonchev–Trinajstić information content (AvgIpc) is 2.78. The number of likely N-dealkylation sites (tertiary alicyclic amines) is 1. The Morgan fingerprint density at radius 1 is 1.06 bits per heavy atom. The first kappa shape index (κ1) is 24.2. The maximum Gasteiger partial charge on any atom is 0.314 e. The Kier molecular flexibility index (Phi) is 8.67. The number of nitrogens with zero attached hydrogens (tertiary/aromatic N) is 1. The SMILES string of the molecule is Cc1ccc(C)c(S(=O)(=O)NCCNC(=O)NCC2CCCN(Cc3ccccc3)C2)c1. The number of carbonyl (C=O) groups excluding carboxylic acids is 1. The minimum Gasteiger partial charge on any atom is -0.338 e. The quantitative estimate of drug-likeness (QED) is 0.504. The lowest BCUT2D eigenvalue weighted by Crippen LogP contribution is -2.45. The predicted octanol–water partition coefficient (Wildman–Crippen LogP) is 2.79. The lowest BCUT2D eigenvalue weighted by molar-refractivity contribution is 0.165. The first-order valence-corrected chi connectivity index (χ1v) is 12.7. The van der Waals surface area contributed by atoms with Gasteiger partial charge in [-0.2, -0.15) is 0 Å². The minimum atomic E-state index is -3.60. The van der Waals surface area contributed by atoms with Gasteiger partial charge >= 0.3 is 6.03 Å². The van der Waals surface area contributed by atoms with E-state index in [-0.39, 0.29) is 24.0 Å². The third kappa shape index (κ3) is 7.32. The molecule has 1 aliphatic heterocycles. The molecule has 3 rings (SSSR count). The van der Waals surface area contributed by atoms with Crippen molar-refractivity contribution in [1.29, 1.82) is 0 Å². The van der Waals surface area contributed by atoms with Gasteiger partial charge in [-0.3, -0.25) is 4.90 Å². The van der Waals surface area contributed by atoms with Gasteiger partial charge in [0.1, 0.15) is 0 Å². The van der Waals surface area contributed by atoms with Crippen LogP contribution in [0.5, 0.6) is 0 Å². The van der Waals surface area contributed by atoms with Crippen LogP contribution in [0, 0.1) is 19.8 Å². The highest BCUT2D eigenvalue weighted by Gasteiger charge is 2.20. The van der Waals surface area contributed by atoms with Gasteiger partial charge in [0.15, 0.2) is 0 Å². The lowest BCUT2D eigenvalue weighted by Gasteiger charge is -2.32. The van der Waals surface area contributed by atoms with Crippen LogP contribution in [0.1, 0.15) is 29.5 Å². The maximum absolute atomic E-state index is 12.5. The molecule has 2 aromatic rings. The van der Waals surface area contributed by atoms with Crippen molar-refractivity contribution in [3.8, 4) is 0 Å². The monoisotopic (exact) mass is 458 g/mol. The summed E-state index contributed by atoms with van der Waals surface area (Å²) < 4.78 is 27.6. The van der Waals surface area contributed by atoms with E-state index in [1.165, 1.54) is 5.56 Å². The fraction of sp³-hybridized carbons (Fsp3) is 0.458. The molecule has 2 amide bonds. The van der Waals surface area contributed by atoms with Crippen molar-refractivity contribution in [3.63, 3.8) is 0 Å². The normalized spacial score (nSPS) is 17.1. The van der Waals surface area contributed by atoms with E-state index in [4.69, 9.17) is 0 Å². The van der Waals surface area contributed by atoms with Crippen LogP contribution in [-0.4, -0.2) is 52.1 Å². The van der Waals surface area contributed by atoms with Crippen LogP contribution in [0.15, 0.2) is 53.4 Å². The number of nitrogens with one attached hydrogen (secondary N) is 3. The van der Waals surface area contributed by atoms with Gasteiger partial charge in [-0.25, -0.2) is 17.9 Å². The Hall–Kier alpha value is -2.42. The van der Waals surface area contributed by atoms with Gasteiger partial charge < -0.3 is 10.6 Å². The zero-order chi connectivity index (χ0) is 23.0. The molecule has 1 fully saturated rings. The summed E-state index contributed by atoms with van der Waals surface area (Å²) in [6.07, 6.45) is 2.22. The fourth-order valence-corrected chi connectivity index (χ4v) is 5.40. The number of carbonyl (C=O) groups is 1. The number of hydrogen-bond acceptors (Lipinski definition) is 4. The summed E-state index contributed by atoms with van der Waals surface area (Å²) in [7, 11) is -3.60. The molecule has 174 valence electrons. The van der Waals surface area contributed by atoms with Crippen LogP contribution in [0.3, 0.4) is 0 Å². The summed E-state index contributed by atoms with van der Waals surface area (Å²) in [5.41, 5.74) is 2.89. The van der Waals surface area contributed by atoms with Crippen molar-refractivity contribution in [2.45, 2.75) is 38.1 Å². The Labute approximate surface area is 191 Å². The van der Waals surface area contributed by atoms with Crippen LogP contribution >= 0.6 is 0 Å². The lowest BCUT2D eigenvalue weighted by atomic mass is 9.97. The molecule has 0 spiro atoms. The Morgan fingerprint density at radius 2 is 1.84 bits per heavy atom. The third-order valence-corrected chi connectivity index (χ3v) is 7.34. The predicted molar refractivity (Wildman–Crippen MR) is 127 cm³/mol. The second-order valence-electron chi connectivity index (χ2n) is 8.53. The highest BCUT2D eigenvalue weighted by molar-refractivity contribution is 7.89. The van der Waals surface area contributed by atoms with E-state index in [1.807, 2.05) is 19.1 Å². The number of piperidine rings is 1. The molecular formula is C24H34N4O3S. The smallest absolute Gasteiger partial charge is 0.314 e. The molecule has 8 heteroatoms. The van der Waals surface area contributed by atoms with Crippen molar-refractivity contribution in [1.82, 2.24) is 20.3 Å². The number of urea groups is 1. The standard InChI is InChI=1S/C24H34N4O3S/c1-19-10-11-20(2)23(15-19)32(30,31)27-13-12-25-24(29)26-16-22-9-6-14-28(18-22)17-21-7-4-3-5-8-21/h3-5,7-8,10-11,15,22,27H,6,9,12-14,16-18H2,1-2H3,(H2,25,26,29). The molecule has 0 bridgehead atoms. The number of rotatable bonds is 9. The number of aryl methyl sites for hydroxylation is 2. The summed E-state index contributed by atoms with van der Waals surface area (Å²) in [5.74, 6) is 0.418. The molecule has 7 nitrogen and oxygen atoms in total. The number of amides is 2. The first-order chi connectivity index (χ1) is 15.3. The van der Waals surface area contributed by atoms with Gasteiger partial charge in [0, 0.05) is 32.7 Å². The molecule has 0 saturated carbocycles. The van der Waals surface area contributed by atoms with Crippen LogP contribution in [0.2, 0.25) is 0 Å². The second kappa shape index (κ2) is 11.4. The van der Waals surface area contributed by atoms with Gasteiger partial charge in [0.05, 0.1) is 4.90 Å². The van der Waals surface area contributed by atoms with E-state index in [2.05, 4.69) is 44.5 Å². The van der Waals surface area contributed by atoms with Crippen molar-refractivity contribution < 1.29 is 13.2 Å². The topological polar surface area (TPSA) is 90.5 Å². The molecular weight excluding hydrogens is 424 g/mol. The van der Waals surface area contributed by atoms with Crippen LogP contribution < -0.4 is 15.4 Å². The number of hydrogen-bond donors (Lipinski definition) is 3. The van der Waals surface area contributed by atoms with Gasteiger partial charge in [-0.1, -0.05) is 42.5 Å². The molecule has 1 atom stereocenters. The molecule has 3 N–H and O–H groups in total. The van der Waals surface area contributed by atoms with E-state index < -0.39 is 10.0 Å². The molecule has 0 aliphatic carbocycles. The largest absolute Gasteiger partial charge is 0.338 e. The molecule has 2 aromatic carbocycles. The molecule has 1 saturated heterocycles. The Morgan fingerprint density at radius 3 is 2.62 bits per heavy atom. The zero-order valence-electron chi connectivity index (χ0n) is 18.9. The van der Waals surface area contributed by atoms with E-state index in [1.54, 1.807) is 19.1 Å². The summed E-state index contributed by atoms with van der Waals surface area (Å²) in [4.78, 5) is 14.9. The van der Waals surface area contributed by atoms with E-state index in [9.17, 15) is 13.2 Å². The molecule has 1 heterocycles. The molecule has 32 heavy (non-hydrogen) atoms. The third-order valence-electron chi connectivity index (χ3n) is 5.74. The average molecular weight is 459 g/mol. The Bertz CT molecular complexity index is 996. The van der Waals surface area contributed by atoms with E-state index >= 15 is 0 Å². The summed E-state index contributed by atoms with van der Waals surface area (Å²) in [6.45, 7) is 7.58. The van der Waals surface area contributed by atoms with Gasteiger partial charge in [0.25, 0.3) is 0 Å². The van der Waals surface area contributed by atoms with Gasteiger partial charge in [-0.15, -0.1) is 0 Å². The number of sulfonamides is 1. The molecule has 1 unspecified atom stereocenters. The highest BCUT2D eigenvalue weighted by Crippen LogP contribution is 2.18. The fourth-order valence-electron chi connectivity index (χ4n) is 4.04. The molecule has 0 aromatic heterocycles. The van der Waals surface area contributed by atoms with Crippen LogP contribution in [0.4, 0.5) is 4.79 Å². The Balaban J connectivity index is 1.36. The summed E-state index contributed by atoms with van der Waals surface area (Å²) >= 11 is 0. The van der Waals surface area contributed by atoms with Gasteiger partial charge in [-0.05, 0) is 61.9 Å². The van der Waals surface area contributed by atoms with Crippen molar-refractivity contribution in [2.24, 2.45) is 5.92 Å². The molecule has 0 radical (unpaired) electrons. The first-order valence-electron chi connectivity index (χ1n) is 11.2. The van der Waals surface area contributed by atoms with Gasteiger partial charge in [0.2, 0.25) is 10.0 Å². The summed E-state index contributed by atoms with van der Waals surface area (Å²) in [5, 5.41) is 5.66. The van der Waals surface area contributed by atoms with Crippen molar-refractivity contribution in [2.75, 3.05) is 32.7 Å². The van der Waals surface area contributed by atoms with Crippen molar-refractivity contribution >= 4 is 16.1 Å². The van der Waals surface area contributed by atoms with E-state index in [0.717, 1.165) is 38.0 Å². The van der Waals surface area contributed by atoms with Crippen LogP contribution in [-0.2, 0) is 16.6 Å². The maximum atomic E-state index is 12.5. The zero-order valence-corrected chi connectivity index (χ0v) is 19.7. The molecule has 1 aliphatic rings. The van der Waals surface area contributed by atoms with Crippen molar-refractivity contribution in [3.05, 3.63) is 65.2 Å². The summed E-state index contributed by atoms with van der Waals surface area (Å²) in [6, 6.07) is 15.5. The number of benzene rings is 2.